The highest BCUT2D eigenvalue weighted by atomic mass is 16.2. The molecule has 1 saturated heterocycles. The normalized spacial score (nSPS) is 17.9. The number of carbonyl (C=O) groups is 1. The second-order valence-electron chi connectivity index (χ2n) is 5.13. The Balaban J connectivity index is 2.34. The van der Waals surface area contributed by atoms with Crippen LogP contribution in [0, 0.1) is 17.2 Å². The van der Waals surface area contributed by atoms with Gasteiger partial charge in [-0.25, -0.2) is 0 Å². The predicted molar refractivity (Wildman–Crippen MR) is 67.3 cm³/mol. The van der Waals surface area contributed by atoms with Crippen LogP contribution in [0.3, 0.4) is 0 Å². The van der Waals surface area contributed by atoms with Gasteiger partial charge in [-0.2, -0.15) is 5.26 Å². The Kier molecular flexibility index (Phi) is 5.99. The van der Waals surface area contributed by atoms with Gasteiger partial charge in [-0.1, -0.05) is 13.8 Å². The zero-order valence-corrected chi connectivity index (χ0v) is 10.9. The Morgan fingerprint density at radius 3 is 2.53 bits per heavy atom. The van der Waals surface area contributed by atoms with E-state index in [9.17, 15) is 4.79 Å². The summed E-state index contributed by atoms with van der Waals surface area (Å²) in [6.07, 6.45) is 3.73. The van der Waals surface area contributed by atoms with Gasteiger partial charge in [0, 0.05) is 13.1 Å². The molecule has 96 valence electrons. The number of hydrogen-bond acceptors (Lipinski definition) is 3. The molecule has 0 saturated carbocycles. The Morgan fingerprint density at radius 2 is 2.00 bits per heavy atom. The van der Waals surface area contributed by atoms with Crippen LogP contribution in [0.2, 0.25) is 0 Å². The number of likely N-dealkylation sites (tertiary alicyclic amines) is 1. The first-order valence-corrected chi connectivity index (χ1v) is 6.54. The van der Waals surface area contributed by atoms with Gasteiger partial charge in [-0.15, -0.1) is 0 Å². The second-order valence-corrected chi connectivity index (χ2v) is 5.13. The van der Waals surface area contributed by atoms with Crippen molar-refractivity contribution >= 4 is 5.91 Å². The lowest BCUT2D eigenvalue weighted by atomic mass is 10.1. The maximum absolute atomic E-state index is 11.9. The molecule has 1 N–H and O–H groups in total. The largest absolute Gasteiger partial charge is 0.343 e. The fourth-order valence-corrected chi connectivity index (χ4v) is 1.99. The van der Waals surface area contributed by atoms with Crippen molar-refractivity contribution in [1.82, 2.24) is 10.2 Å². The van der Waals surface area contributed by atoms with E-state index < -0.39 is 0 Å². The molecule has 1 unspecified atom stereocenters. The van der Waals surface area contributed by atoms with Crippen LogP contribution in [0.4, 0.5) is 0 Å². The number of hydrogen-bond donors (Lipinski definition) is 1. The van der Waals surface area contributed by atoms with Gasteiger partial charge in [0.15, 0.2) is 0 Å². The lowest BCUT2D eigenvalue weighted by Gasteiger charge is -2.27. The fourth-order valence-electron chi connectivity index (χ4n) is 1.99. The second kappa shape index (κ2) is 7.29. The van der Waals surface area contributed by atoms with Gasteiger partial charge >= 0.3 is 0 Å². The summed E-state index contributed by atoms with van der Waals surface area (Å²) in [7, 11) is 0. The topological polar surface area (TPSA) is 56.1 Å². The number of carbonyl (C=O) groups excluding carboxylic acids is 1. The molecular formula is C13H23N3O. The summed E-state index contributed by atoms with van der Waals surface area (Å²) < 4.78 is 0. The van der Waals surface area contributed by atoms with Gasteiger partial charge in [0.05, 0.1) is 12.5 Å². The molecule has 0 aliphatic carbocycles. The molecular weight excluding hydrogens is 214 g/mol. The van der Waals surface area contributed by atoms with Crippen molar-refractivity contribution in [2.75, 3.05) is 19.6 Å². The molecule has 1 atom stereocenters. The van der Waals surface area contributed by atoms with E-state index in [4.69, 9.17) is 5.26 Å². The lowest BCUT2D eigenvalue weighted by molar-refractivity contribution is -0.132. The highest BCUT2D eigenvalue weighted by Crippen LogP contribution is 2.10. The molecule has 0 radical (unpaired) electrons. The van der Waals surface area contributed by atoms with E-state index >= 15 is 0 Å². The fraction of sp³-hybridized carbons (Fsp3) is 0.846. The molecule has 17 heavy (non-hydrogen) atoms. The zero-order chi connectivity index (χ0) is 12.7. The zero-order valence-electron chi connectivity index (χ0n) is 10.9. The van der Waals surface area contributed by atoms with Gasteiger partial charge < -0.3 is 10.2 Å². The number of piperidine rings is 1. The predicted octanol–water partition coefficient (Wildman–Crippen LogP) is 1.53. The van der Waals surface area contributed by atoms with Crippen molar-refractivity contribution in [3.8, 4) is 6.07 Å². The number of nitrogens with zero attached hydrogens (tertiary/aromatic N) is 2. The van der Waals surface area contributed by atoms with Crippen molar-refractivity contribution in [3.63, 3.8) is 0 Å². The quantitative estimate of drug-likeness (QED) is 0.789. The molecule has 1 amide bonds. The Labute approximate surface area is 104 Å². The van der Waals surface area contributed by atoms with Crippen molar-refractivity contribution in [3.05, 3.63) is 0 Å². The standard InChI is InChI=1S/C13H23N3O/c1-11(2)10-15-12(9-14)8-13(17)16-6-4-3-5-7-16/h11-12,15H,3-8,10H2,1-2H3. The van der Waals surface area contributed by atoms with Crippen LogP contribution in [0.25, 0.3) is 0 Å². The molecule has 0 aromatic heterocycles. The summed E-state index contributed by atoms with van der Waals surface area (Å²) in [6.45, 7) is 6.69. The Morgan fingerprint density at radius 1 is 1.35 bits per heavy atom. The lowest BCUT2D eigenvalue weighted by Crippen LogP contribution is -2.40. The molecule has 0 aromatic carbocycles. The summed E-state index contributed by atoms with van der Waals surface area (Å²) in [4.78, 5) is 13.8. The Hall–Kier alpha value is -1.08. The molecule has 4 heteroatoms. The van der Waals surface area contributed by atoms with Gasteiger partial charge in [-0.05, 0) is 31.7 Å². The first-order valence-electron chi connectivity index (χ1n) is 6.54. The third-order valence-electron chi connectivity index (χ3n) is 3.02. The third kappa shape index (κ3) is 5.18. The number of rotatable bonds is 5. The summed E-state index contributed by atoms with van der Waals surface area (Å²) in [5.41, 5.74) is 0. The summed E-state index contributed by atoms with van der Waals surface area (Å²) in [5.74, 6) is 0.614. The molecule has 1 heterocycles. The molecule has 1 aliphatic heterocycles. The molecule has 0 aromatic rings. The van der Waals surface area contributed by atoms with Gasteiger partial charge in [-0.3, -0.25) is 4.79 Å². The van der Waals surface area contributed by atoms with Crippen molar-refractivity contribution in [2.24, 2.45) is 5.92 Å². The van der Waals surface area contributed by atoms with E-state index in [2.05, 4.69) is 25.2 Å². The van der Waals surface area contributed by atoms with E-state index in [0.717, 1.165) is 32.5 Å². The van der Waals surface area contributed by atoms with Crippen LogP contribution >= 0.6 is 0 Å². The van der Waals surface area contributed by atoms with Crippen LogP contribution in [0.5, 0.6) is 0 Å². The highest BCUT2D eigenvalue weighted by Gasteiger charge is 2.20. The summed E-state index contributed by atoms with van der Waals surface area (Å²) in [5, 5.41) is 12.1. The minimum atomic E-state index is -0.341. The van der Waals surface area contributed by atoms with E-state index in [1.807, 2.05) is 4.90 Å². The molecule has 1 aliphatic rings. The van der Waals surface area contributed by atoms with Crippen molar-refractivity contribution < 1.29 is 4.79 Å². The summed E-state index contributed by atoms with van der Waals surface area (Å²) in [6, 6.07) is 1.83. The van der Waals surface area contributed by atoms with Gasteiger partial charge in [0.1, 0.15) is 6.04 Å². The van der Waals surface area contributed by atoms with Crippen molar-refractivity contribution in [2.45, 2.75) is 45.6 Å². The van der Waals surface area contributed by atoms with Crippen LogP contribution in [-0.4, -0.2) is 36.5 Å². The SMILES string of the molecule is CC(C)CNC(C#N)CC(=O)N1CCCCC1. The first-order chi connectivity index (χ1) is 8.13. The molecule has 0 spiro atoms. The average Bonchev–Trinajstić information content (AvgIpc) is 2.35. The molecule has 4 nitrogen and oxygen atoms in total. The molecule has 0 bridgehead atoms. The number of amides is 1. The monoisotopic (exact) mass is 237 g/mol. The molecule has 1 fully saturated rings. The van der Waals surface area contributed by atoms with Crippen LogP contribution in [0.1, 0.15) is 39.5 Å². The van der Waals surface area contributed by atoms with E-state index in [-0.39, 0.29) is 11.9 Å². The Bertz CT molecular complexity index is 277. The minimum absolute atomic E-state index is 0.118. The van der Waals surface area contributed by atoms with Crippen LogP contribution in [0.15, 0.2) is 0 Å². The van der Waals surface area contributed by atoms with Crippen molar-refractivity contribution in [1.29, 1.82) is 5.26 Å². The van der Waals surface area contributed by atoms with Gasteiger partial charge in [0.2, 0.25) is 5.91 Å². The highest BCUT2D eigenvalue weighted by molar-refractivity contribution is 5.77. The third-order valence-corrected chi connectivity index (χ3v) is 3.02. The van der Waals surface area contributed by atoms with E-state index in [1.54, 1.807) is 0 Å². The molecule has 1 rings (SSSR count). The van der Waals surface area contributed by atoms with Crippen LogP contribution in [-0.2, 0) is 4.79 Å². The minimum Gasteiger partial charge on any atom is -0.343 e. The smallest absolute Gasteiger partial charge is 0.225 e. The van der Waals surface area contributed by atoms with E-state index in [1.165, 1.54) is 6.42 Å². The maximum atomic E-state index is 11.9. The first kappa shape index (κ1) is 14.0. The summed E-state index contributed by atoms with van der Waals surface area (Å²) >= 11 is 0. The number of nitriles is 1. The number of nitrogens with one attached hydrogen (secondary N) is 1. The van der Waals surface area contributed by atoms with Crippen LogP contribution < -0.4 is 5.32 Å². The van der Waals surface area contributed by atoms with Gasteiger partial charge in [0.25, 0.3) is 0 Å². The maximum Gasteiger partial charge on any atom is 0.225 e. The average molecular weight is 237 g/mol. The van der Waals surface area contributed by atoms with E-state index in [0.29, 0.717) is 12.3 Å².